The van der Waals surface area contributed by atoms with Gasteiger partial charge in [-0.2, -0.15) is 0 Å². The molecule has 0 heterocycles. The van der Waals surface area contributed by atoms with Gasteiger partial charge in [0.05, 0.1) is 5.56 Å². The first kappa shape index (κ1) is 20.2. The van der Waals surface area contributed by atoms with Gasteiger partial charge in [0.25, 0.3) is 5.91 Å². The Morgan fingerprint density at radius 2 is 1.74 bits per heavy atom. The summed E-state index contributed by atoms with van der Waals surface area (Å²) in [5.41, 5.74) is 1.84. The number of hydrogen-bond acceptors (Lipinski definition) is 4. The second kappa shape index (κ2) is 10.1. The SMILES string of the molecule is CCCC(=O)Nc1ccc(OCC(=O)NCc2ccccc2)c(C(C)=O)c1. The molecule has 2 aromatic rings. The van der Waals surface area contributed by atoms with E-state index < -0.39 is 0 Å². The summed E-state index contributed by atoms with van der Waals surface area (Å²) < 4.78 is 5.51. The normalized spacial score (nSPS) is 10.1. The maximum atomic E-state index is 12.0. The predicted molar refractivity (Wildman–Crippen MR) is 104 cm³/mol. The van der Waals surface area contributed by atoms with Gasteiger partial charge in [-0.3, -0.25) is 14.4 Å². The van der Waals surface area contributed by atoms with E-state index >= 15 is 0 Å². The Bertz CT molecular complexity index is 803. The Balaban J connectivity index is 1.95. The molecule has 6 nitrogen and oxygen atoms in total. The molecule has 2 amide bonds. The van der Waals surface area contributed by atoms with Crippen molar-refractivity contribution in [2.75, 3.05) is 11.9 Å². The van der Waals surface area contributed by atoms with E-state index in [0.717, 1.165) is 12.0 Å². The molecule has 142 valence electrons. The second-order valence-corrected chi connectivity index (χ2v) is 6.12. The first-order valence-electron chi connectivity index (χ1n) is 8.88. The number of carbonyl (C=O) groups excluding carboxylic acids is 3. The predicted octanol–water partition coefficient (Wildman–Crippen LogP) is 3.32. The Kier molecular flexibility index (Phi) is 7.55. The summed E-state index contributed by atoms with van der Waals surface area (Å²) >= 11 is 0. The highest BCUT2D eigenvalue weighted by molar-refractivity contribution is 5.99. The molecule has 0 aliphatic carbocycles. The maximum absolute atomic E-state index is 12.0. The van der Waals surface area contributed by atoms with Crippen LogP contribution in [0.4, 0.5) is 5.69 Å². The van der Waals surface area contributed by atoms with Gasteiger partial charge in [0.1, 0.15) is 5.75 Å². The Hall–Kier alpha value is -3.15. The number of ether oxygens (including phenoxy) is 1. The van der Waals surface area contributed by atoms with Gasteiger partial charge in [0.15, 0.2) is 12.4 Å². The van der Waals surface area contributed by atoms with Crippen LogP contribution in [0, 0.1) is 0 Å². The topological polar surface area (TPSA) is 84.5 Å². The number of benzene rings is 2. The van der Waals surface area contributed by atoms with Crippen molar-refractivity contribution >= 4 is 23.3 Å². The van der Waals surface area contributed by atoms with Gasteiger partial charge in [-0.05, 0) is 37.1 Å². The third kappa shape index (κ3) is 6.58. The molecule has 0 radical (unpaired) electrons. The van der Waals surface area contributed by atoms with E-state index in [2.05, 4.69) is 10.6 Å². The minimum absolute atomic E-state index is 0.110. The standard InChI is InChI=1S/C21H24N2O4/c1-3-7-20(25)23-17-10-11-19(18(12-17)15(2)24)27-14-21(26)22-13-16-8-5-4-6-9-16/h4-6,8-12H,3,7,13-14H2,1-2H3,(H,22,26)(H,23,25). The first-order chi connectivity index (χ1) is 13.0. The monoisotopic (exact) mass is 368 g/mol. The molecular formula is C21H24N2O4. The molecule has 0 bridgehead atoms. The number of hydrogen-bond donors (Lipinski definition) is 2. The molecule has 27 heavy (non-hydrogen) atoms. The van der Waals surface area contributed by atoms with Crippen molar-refractivity contribution in [3.63, 3.8) is 0 Å². The van der Waals surface area contributed by atoms with Crippen LogP contribution in [0.3, 0.4) is 0 Å². The molecule has 0 atom stereocenters. The van der Waals surface area contributed by atoms with E-state index in [1.165, 1.54) is 6.92 Å². The van der Waals surface area contributed by atoms with Crippen molar-refractivity contribution in [3.05, 3.63) is 59.7 Å². The summed E-state index contributed by atoms with van der Waals surface area (Å²) in [5.74, 6) is -0.290. The smallest absolute Gasteiger partial charge is 0.258 e. The molecule has 0 aliphatic heterocycles. The largest absolute Gasteiger partial charge is 0.483 e. The lowest BCUT2D eigenvalue weighted by molar-refractivity contribution is -0.123. The molecule has 6 heteroatoms. The summed E-state index contributed by atoms with van der Waals surface area (Å²) in [4.78, 5) is 35.6. The molecule has 0 spiro atoms. The van der Waals surface area contributed by atoms with E-state index in [1.54, 1.807) is 18.2 Å². The summed E-state index contributed by atoms with van der Waals surface area (Å²) in [6.45, 7) is 3.54. The average Bonchev–Trinajstić information content (AvgIpc) is 2.66. The zero-order valence-electron chi connectivity index (χ0n) is 15.6. The van der Waals surface area contributed by atoms with E-state index in [0.29, 0.717) is 30.0 Å². The minimum atomic E-state index is -0.284. The van der Waals surface area contributed by atoms with Gasteiger partial charge in [0, 0.05) is 18.7 Å². The Morgan fingerprint density at radius 3 is 2.41 bits per heavy atom. The van der Waals surface area contributed by atoms with E-state index in [4.69, 9.17) is 4.74 Å². The van der Waals surface area contributed by atoms with Crippen LogP contribution in [0.5, 0.6) is 5.75 Å². The van der Waals surface area contributed by atoms with Crippen molar-refractivity contribution in [2.24, 2.45) is 0 Å². The molecule has 2 aromatic carbocycles. The van der Waals surface area contributed by atoms with E-state index in [1.807, 2.05) is 37.3 Å². The van der Waals surface area contributed by atoms with Crippen LogP contribution in [0.2, 0.25) is 0 Å². The first-order valence-corrected chi connectivity index (χ1v) is 8.88. The summed E-state index contributed by atoms with van der Waals surface area (Å²) in [5, 5.41) is 5.51. The number of Topliss-reactive ketones (excluding diaryl/α,β-unsaturated/α-hetero) is 1. The van der Waals surface area contributed by atoms with Crippen LogP contribution >= 0.6 is 0 Å². The van der Waals surface area contributed by atoms with Crippen LogP contribution in [0.15, 0.2) is 48.5 Å². The molecule has 0 saturated heterocycles. The molecule has 0 aliphatic rings. The Morgan fingerprint density at radius 1 is 1.00 bits per heavy atom. The summed E-state index contributed by atoms with van der Waals surface area (Å²) in [6.07, 6.45) is 1.15. The minimum Gasteiger partial charge on any atom is -0.483 e. The molecule has 0 saturated carbocycles. The fourth-order valence-electron chi connectivity index (χ4n) is 2.45. The Labute approximate surface area is 158 Å². The van der Waals surface area contributed by atoms with Gasteiger partial charge in [-0.25, -0.2) is 0 Å². The fraction of sp³-hybridized carbons (Fsp3) is 0.286. The van der Waals surface area contributed by atoms with Crippen LogP contribution in [0.25, 0.3) is 0 Å². The number of amides is 2. The number of carbonyl (C=O) groups is 3. The van der Waals surface area contributed by atoms with Crippen molar-refractivity contribution in [2.45, 2.75) is 33.2 Å². The molecule has 2 N–H and O–H groups in total. The number of nitrogens with one attached hydrogen (secondary N) is 2. The molecule has 0 fully saturated rings. The highest BCUT2D eigenvalue weighted by Gasteiger charge is 2.13. The lowest BCUT2D eigenvalue weighted by Gasteiger charge is -2.12. The van der Waals surface area contributed by atoms with Crippen LogP contribution in [0.1, 0.15) is 42.6 Å². The number of ketones is 1. The maximum Gasteiger partial charge on any atom is 0.258 e. The van der Waals surface area contributed by atoms with Crippen molar-refractivity contribution < 1.29 is 19.1 Å². The van der Waals surface area contributed by atoms with Gasteiger partial charge < -0.3 is 15.4 Å². The van der Waals surface area contributed by atoms with Gasteiger partial charge >= 0.3 is 0 Å². The van der Waals surface area contributed by atoms with Crippen LogP contribution < -0.4 is 15.4 Å². The number of anilines is 1. The zero-order valence-corrected chi connectivity index (χ0v) is 15.6. The summed E-state index contributed by atoms with van der Waals surface area (Å²) in [6, 6.07) is 14.3. The molecular weight excluding hydrogens is 344 g/mol. The van der Waals surface area contributed by atoms with Crippen molar-refractivity contribution in [1.29, 1.82) is 0 Å². The lowest BCUT2D eigenvalue weighted by Crippen LogP contribution is -2.28. The third-order valence-electron chi connectivity index (χ3n) is 3.81. The van der Waals surface area contributed by atoms with Gasteiger partial charge in [0.2, 0.25) is 5.91 Å². The van der Waals surface area contributed by atoms with Gasteiger partial charge in [-0.15, -0.1) is 0 Å². The van der Waals surface area contributed by atoms with Gasteiger partial charge in [-0.1, -0.05) is 37.3 Å². The van der Waals surface area contributed by atoms with Crippen LogP contribution in [-0.4, -0.2) is 24.2 Å². The second-order valence-electron chi connectivity index (χ2n) is 6.12. The highest BCUT2D eigenvalue weighted by Crippen LogP contribution is 2.23. The number of rotatable bonds is 9. The van der Waals surface area contributed by atoms with E-state index in [9.17, 15) is 14.4 Å². The van der Waals surface area contributed by atoms with E-state index in [-0.39, 0.29) is 24.2 Å². The highest BCUT2D eigenvalue weighted by atomic mass is 16.5. The fourth-order valence-corrected chi connectivity index (χ4v) is 2.45. The average molecular weight is 368 g/mol. The lowest BCUT2D eigenvalue weighted by atomic mass is 10.1. The summed E-state index contributed by atoms with van der Waals surface area (Å²) in [7, 11) is 0. The molecule has 0 aromatic heterocycles. The molecule has 0 unspecified atom stereocenters. The zero-order chi connectivity index (χ0) is 19.6. The molecule has 2 rings (SSSR count). The van der Waals surface area contributed by atoms with Crippen molar-refractivity contribution in [1.82, 2.24) is 5.32 Å². The third-order valence-corrected chi connectivity index (χ3v) is 3.81. The quantitative estimate of drug-likeness (QED) is 0.665. The van der Waals surface area contributed by atoms with Crippen LogP contribution in [-0.2, 0) is 16.1 Å². The van der Waals surface area contributed by atoms with Crippen molar-refractivity contribution in [3.8, 4) is 5.75 Å².